The van der Waals surface area contributed by atoms with E-state index in [0.29, 0.717) is 16.0 Å². The summed E-state index contributed by atoms with van der Waals surface area (Å²) in [5.74, 6) is 0.232. The molecule has 1 amide bonds. The van der Waals surface area contributed by atoms with Crippen LogP contribution in [-0.4, -0.2) is 15.9 Å². The molecule has 2 aromatic heterocycles. The Kier molecular flexibility index (Phi) is 3.86. The van der Waals surface area contributed by atoms with Gasteiger partial charge in [-0.1, -0.05) is 15.9 Å². The van der Waals surface area contributed by atoms with Crippen molar-refractivity contribution >= 4 is 43.6 Å². The van der Waals surface area contributed by atoms with E-state index in [0.717, 1.165) is 4.47 Å². The van der Waals surface area contributed by atoms with E-state index >= 15 is 0 Å². The molecule has 0 saturated heterocycles. The maximum atomic E-state index is 11.9. The number of halogens is 2. The van der Waals surface area contributed by atoms with Crippen molar-refractivity contribution < 1.29 is 4.79 Å². The zero-order valence-corrected chi connectivity index (χ0v) is 11.7. The van der Waals surface area contributed by atoms with Crippen LogP contribution in [0, 0.1) is 0 Å². The Balaban J connectivity index is 2.20. The summed E-state index contributed by atoms with van der Waals surface area (Å²) in [6.07, 6.45) is 3.22. The molecule has 0 unspecified atom stereocenters. The van der Waals surface area contributed by atoms with Gasteiger partial charge in [0.25, 0.3) is 5.91 Å². The van der Waals surface area contributed by atoms with Gasteiger partial charge in [-0.3, -0.25) is 4.79 Å². The Morgan fingerprint density at radius 3 is 2.71 bits per heavy atom. The third-order valence-corrected chi connectivity index (χ3v) is 3.09. The number of aromatic nitrogens is 2. The lowest BCUT2D eigenvalue weighted by Gasteiger charge is -2.05. The van der Waals surface area contributed by atoms with Crippen LogP contribution in [0.2, 0.25) is 0 Å². The van der Waals surface area contributed by atoms with Gasteiger partial charge >= 0.3 is 0 Å². The summed E-state index contributed by atoms with van der Waals surface area (Å²) in [6.45, 7) is 0. The van der Waals surface area contributed by atoms with E-state index in [1.165, 1.54) is 0 Å². The van der Waals surface area contributed by atoms with Crippen molar-refractivity contribution in [3.8, 4) is 0 Å². The molecule has 0 aromatic carbocycles. The molecule has 86 valence electrons. The Bertz CT molecular complexity index is 560. The molecule has 0 bridgehead atoms. The van der Waals surface area contributed by atoms with Gasteiger partial charge in [-0.15, -0.1) is 0 Å². The second kappa shape index (κ2) is 5.37. The minimum absolute atomic E-state index is 0.254. The van der Waals surface area contributed by atoms with Crippen molar-refractivity contribution in [1.82, 2.24) is 9.97 Å². The summed E-state index contributed by atoms with van der Waals surface area (Å²) in [6, 6.07) is 6.90. The lowest BCUT2D eigenvalue weighted by atomic mass is 10.2. The van der Waals surface area contributed by atoms with Crippen LogP contribution in [0.15, 0.2) is 45.7 Å². The lowest BCUT2D eigenvalue weighted by molar-refractivity contribution is 0.102. The zero-order chi connectivity index (χ0) is 12.3. The Morgan fingerprint density at radius 2 is 2.00 bits per heavy atom. The normalized spacial score (nSPS) is 10.0. The maximum absolute atomic E-state index is 11.9. The standard InChI is InChI=1S/C11H7Br2N3O/c12-7-3-5-14-9(6-7)16-11(17)8-2-1-4-15-10(8)13/h1-6H,(H,14,16,17). The molecule has 1 N–H and O–H groups in total. The van der Waals surface area contributed by atoms with Crippen LogP contribution < -0.4 is 5.32 Å². The van der Waals surface area contributed by atoms with Crippen LogP contribution in [0.25, 0.3) is 0 Å². The molecular weight excluding hydrogens is 350 g/mol. The number of hydrogen-bond acceptors (Lipinski definition) is 3. The summed E-state index contributed by atoms with van der Waals surface area (Å²) in [7, 11) is 0. The summed E-state index contributed by atoms with van der Waals surface area (Å²) < 4.78 is 1.36. The molecule has 6 heteroatoms. The monoisotopic (exact) mass is 355 g/mol. The fourth-order valence-electron chi connectivity index (χ4n) is 1.21. The van der Waals surface area contributed by atoms with Gasteiger partial charge in [0.1, 0.15) is 10.4 Å². The molecule has 0 fully saturated rings. The fourth-order valence-corrected chi connectivity index (χ4v) is 1.98. The van der Waals surface area contributed by atoms with Gasteiger partial charge in [0, 0.05) is 16.9 Å². The molecule has 2 aromatic rings. The van der Waals surface area contributed by atoms with Crippen LogP contribution in [0.1, 0.15) is 10.4 Å². The molecule has 0 aliphatic heterocycles. The molecule has 4 nitrogen and oxygen atoms in total. The molecule has 2 rings (SSSR count). The highest BCUT2D eigenvalue weighted by molar-refractivity contribution is 9.10. The average molecular weight is 357 g/mol. The van der Waals surface area contributed by atoms with Gasteiger partial charge < -0.3 is 5.32 Å². The minimum Gasteiger partial charge on any atom is -0.306 e. The smallest absolute Gasteiger partial charge is 0.259 e. The Hall–Kier alpha value is -1.27. The molecule has 0 spiro atoms. The Morgan fingerprint density at radius 1 is 1.18 bits per heavy atom. The summed E-state index contributed by atoms with van der Waals surface area (Å²) >= 11 is 6.53. The average Bonchev–Trinajstić information content (AvgIpc) is 2.29. The van der Waals surface area contributed by atoms with E-state index in [9.17, 15) is 4.79 Å². The quantitative estimate of drug-likeness (QED) is 0.840. The molecule has 0 atom stereocenters. The first-order valence-corrected chi connectivity index (χ1v) is 6.29. The fraction of sp³-hybridized carbons (Fsp3) is 0. The van der Waals surface area contributed by atoms with Crippen LogP contribution >= 0.6 is 31.9 Å². The molecule has 2 heterocycles. The van der Waals surface area contributed by atoms with Crippen molar-refractivity contribution in [2.24, 2.45) is 0 Å². The predicted octanol–water partition coefficient (Wildman–Crippen LogP) is 3.25. The minimum atomic E-state index is -0.254. The third-order valence-electron chi connectivity index (χ3n) is 1.97. The van der Waals surface area contributed by atoms with Gasteiger partial charge in [-0.2, -0.15) is 0 Å². The van der Waals surface area contributed by atoms with E-state index in [1.807, 2.05) is 0 Å². The van der Waals surface area contributed by atoms with E-state index in [1.54, 1.807) is 36.7 Å². The zero-order valence-electron chi connectivity index (χ0n) is 8.52. The first kappa shape index (κ1) is 12.2. The van der Waals surface area contributed by atoms with Crippen LogP contribution in [0.3, 0.4) is 0 Å². The second-order valence-electron chi connectivity index (χ2n) is 3.16. The number of pyridine rings is 2. The number of amides is 1. The van der Waals surface area contributed by atoms with Crippen LogP contribution in [-0.2, 0) is 0 Å². The largest absolute Gasteiger partial charge is 0.306 e. The molecular formula is C11H7Br2N3O. The third kappa shape index (κ3) is 3.10. The van der Waals surface area contributed by atoms with E-state index in [-0.39, 0.29) is 5.91 Å². The number of nitrogens with one attached hydrogen (secondary N) is 1. The molecule has 0 saturated carbocycles. The van der Waals surface area contributed by atoms with Gasteiger partial charge in [-0.25, -0.2) is 9.97 Å². The lowest BCUT2D eigenvalue weighted by Crippen LogP contribution is -2.13. The number of hydrogen-bond donors (Lipinski definition) is 1. The van der Waals surface area contributed by atoms with Crippen molar-refractivity contribution in [3.05, 3.63) is 51.3 Å². The van der Waals surface area contributed by atoms with E-state index in [2.05, 4.69) is 47.1 Å². The van der Waals surface area contributed by atoms with Crippen LogP contribution in [0.4, 0.5) is 5.82 Å². The van der Waals surface area contributed by atoms with Crippen molar-refractivity contribution in [1.29, 1.82) is 0 Å². The number of carbonyl (C=O) groups is 1. The number of carbonyl (C=O) groups excluding carboxylic acids is 1. The van der Waals surface area contributed by atoms with E-state index in [4.69, 9.17) is 0 Å². The summed E-state index contributed by atoms with van der Waals surface area (Å²) in [4.78, 5) is 19.9. The van der Waals surface area contributed by atoms with Gasteiger partial charge in [0.2, 0.25) is 0 Å². The van der Waals surface area contributed by atoms with Gasteiger partial charge in [0.15, 0.2) is 0 Å². The highest BCUT2D eigenvalue weighted by Gasteiger charge is 2.10. The predicted molar refractivity (Wildman–Crippen MR) is 71.8 cm³/mol. The highest BCUT2D eigenvalue weighted by Crippen LogP contribution is 2.16. The topological polar surface area (TPSA) is 54.9 Å². The van der Waals surface area contributed by atoms with Crippen LogP contribution in [0.5, 0.6) is 0 Å². The first-order chi connectivity index (χ1) is 8.16. The van der Waals surface area contributed by atoms with Gasteiger partial charge in [-0.05, 0) is 40.2 Å². The molecule has 0 aliphatic rings. The molecule has 0 radical (unpaired) electrons. The number of anilines is 1. The Labute approximate surface area is 115 Å². The summed E-state index contributed by atoms with van der Waals surface area (Å²) in [5, 5.41) is 2.69. The van der Waals surface area contributed by atoms with Crippen molar-refractivity contribution in [2.75, 3.05) is 5.32 Å². The second-order valence-corrected chi connectivity index (χ2v) is 4.82. The SMILES string of the molecule is O=C(Nc1cc(Br)ccn1)c1cccnc1Br. The number of rotatable bonds is 2. The van der Waals surface area contributed by atoms with Gasteiger partial charge in [0.05, 0.1) is 5.56 Å². The molecule has 17 heavy (non-hydrogen) atoms. The number of nitrogens with zero attached hydrogens (tertiary/aromatic N) is 2. The summed E-state index contributed by atoms with van der Waals surface area (Å²) in [5.41, 5.74) is 0.467. The first-order valence-electron chi connectivity index (χ1n) is 4.70. The van der Waals surface area contributed by atoms with Crippen molar-refractivity contribution in [2.45, 2.75) is 0 Å². The van der Waals surface area contributed by atoms with Crippen molar-refractivity contribution in [3.63, 3.8) is 0 Å². The highest BCUT2D eigenvalue weighted by atomic mass is 79.9. The molecule has 0 aliphatic carbocycles. The van der Waals surface area contributed by atoms with E-state index < -0.39 is 0 Å². The maximum Gasteiger partial charge on any atom is 0.259 e.